The fourth-order valence-corrected chi connectivity index (χ4v) is 3.23. The third-order valence-corrected chi connectivity index (χ3v) is 4.18. The van der Waals surface area contributed by atoms with Crippen LogP contribution in [0.5, 0.6) is 0 Å². The molecule has 1 aliphatic carbocycles. The van der Waals surface area contributed by atoms with Crippen molar-refractivity contribution < 1.29 is 0 Å². The highest BCUT2D eigenvalue weighted by atomic mass is 35.5. The number of halogens is 1. The van der Waals surface area contributed by atoms with E-state index in [1.807, 2.05) is 0 Å². The molecule has 0 bridgehead atoms. The van der Waals surface area contributed by atoms with Gasteiger partial charge in [-0.25, -0.2) is 0 Å². The summed E-state index contributed by atoms with van der Waals surface area (Å²) >= 11 is 6.31. The molecule has 19 heavy (non-hydrogen) atoms. The lowest BCUT2D eigenvalue weighted by atomic mass is 9.86. The van der Waals surface area contributed by atoms with Gasteiger partial charge in [0, 0.05) is 12.1 Å². The van der Waals surface area contributed by atoms with E-state index < -0.39 is 0 Å². The molecule has 2 aliphatic rings. The SMILES string of the molecule is ClC1NC(c2ccccc2)CC(C2C=CC=CC2)N1. The van der Waals surface area contributed by atoms with Gasteiger partial charge in [0.25, 0.3) is 0 Å². The summed E-state index contributed by atoms with van der Waals surface area (Å²) in [5.74, 6) is 0.541. The maximum atomic E-state index is 6.31. The van der Waals surface area contributed by atoms with Gasteiger partial charge in [-0.15, -0.1) is 0 Å². The first-order chi connectivity index (χ1) is 9.33. The second-order valence-corrected chi connectivity index (χ2v) is 5.65. The molecular formula is C16H19ClN2. The summed E-state index contributed by atoms with van der Waals surface area (Å²) in [5, 5.41) is 6.87. The molecule has 1 heterocycles. The van der Waals surface area contributed by atoms with Crippen LogP contribution in [0.25, 0.3) is 0 Å². The first-order valence-electron chi connectivity index (χ1n) is 6.87. The van der Waals surface area contributed by atoms with Crippen LogP contribution in [0, 0.1) is 5.92 Å². The molecule has 0 amide bonds. The van der Waals surface area contributed by atoms with E-state index in [4.69, 9.17) is 11.6 Å². The molecule has 4 unspecified atom stereocenters. The molecule has 3 rings (SSSR count). The van der Waals surface area contributed by atoms with Crippen LogP contribution in [-0.2, 0) is 0 Å². The highest BCUT2D eigenvalue weighted by molar-refractivity contribution is 6.20. The molecule has 3 heteroatoms. The summed E-state index contributed by atoms with van der Waals surface area (Å²) in [6.45, 7) is 0. The number of hydrogen-bond acceptors (Lipinski definition) is 2. The van der Waals surface area contributed by atoms with E-state index in [1.54, 1.807) is 0 Å². The van der Waals surface area contributed by atoms with Gasteiger partial charge in [-0.1, -0.05) is 66.2 Å². The van der Waals surface area contributed by atoms with Crippen molar-refractivity contribution in [3.8, 4) is 0 Å². The molecule has 1 aromatic rings. The van der Waals surface area contributed by atoms with Crippen molar-refractivity contribution >= 4 is 11.6 Å². The second kappa shape index (κ2) is 5.91. The Morgan fingerprint density at radius 2 is 1.89 bits per heavy atom. The van der Waals surface area contributed by atoms with E-state index in [0.29, 0.717) is 18.0 Å². The minimum Gasteiger partial charge on any atom is -0.286 e. The van der Waals surface area contributed by atoms with Gasteiger partial charge in [-0.2, -0.15) is 0 Å². The maximum Gasteiger partial charge on any atom is 0.136 e. The Morgan fingerprint density at radius 3 is 2.63 bits per heavy atom. The van der Waals surface area contributed by atoms with Crippen molar-refractivity contribution in [3.05, 3.63) is 60.2 Å². The van der Waals surface area contributed by atoms with Crippen LogP contribution in [0.1, 0.15) is 24.4 Å². The van der Waals surface area contributed by atoms with Crippen molar-refractivity contribution in [1.29, 1.82) is 0 Å². The van der Waals surface area contributed by atoms with Crippen molar-refractivity contribution in [2.45, 2.75) is 30.6 Å². The molecule has 1 saturated heterocycles. The summed E-state index contributed by atoms with van der Waals surface area (Å²) in [7, 11) is 0. The van der Waals surface area contributed by atoms with Gasteiger partial charge >= 0.3 is 0 Å². The van der Waals surface area contributed by atoms with Gasteiger partial charge in [0.15, 0.2) is 0 Å². The summed E-state index contributed by atoms with van der Waals surface area (Å²) in [5.41, 5.74) is 1.15. The lowest BCUT2D eigenvalue weighted by Crippen LogP contribution is -2.54. The molecule has 1 aromatic carbocycles. The lowest BCUT2D eigenvalue weighted by Gasteiger charge is -2.38. The Balaban J connectivity index is 1.74. The van der Waals surface area contributed by atoms with E-state index in [-0.39, 0.29) is 5.62 Å². The smallest absolute Gasteiger partial charge is 0.136 e. The van der Waals surface area contributed by atoms with Crippen LogP contribution < -0.4 is 10.6 Å². The van der Waals surface area contributed by atoms with E-state index in [0.717, 1.165) is 12.8 Å². The normalized spacial score (nSPS) is 34.4. The van der Waals surface area contributed by atoms with Crippen LogP contribution in [-0.4, -0.2) is 11.7 Å². The molecule has 4 atom stereocenters. The highest BCUT2D eigenvalue weighted by Crippen LogP contribution is 2.29. The average molecular weight is 275 g/mol. The number of rotatable bonds is 2. The zero-order valence-electron chi connectivity index (χ0n) is 10.8. The van der Waals surface area contributed by atoms with Gasteiger partial charge in [0.2, 0.25) is 0 Å². The lowest BCUT2D eigenvalue weighted by molar-refractivity contribution is 0.253. The Kier molecular flexibility index (Phi) is 4.02. The molecule has 1 aliphatic heterocycles. The zero-order valence-corrected chi connectivity index (χ0v) is 11.6. The number of allylic oxidation sites excluding steroid dienone is 3. The third-order valence-electron chi connectivity index (χ3n) is 3.93. The van der Waals surface area contributed by atoms with Gasteiger partial charge in [0.05, 0.1) is 0 Å². The maximum absolute atomic E-state index is 6.31. The van der Waals surface area contributed by atoms with Crippen LogP contribution in [0.15, 0.2) is 54.6 Å². The molecule has 1 fully saturated rings. The van der Waals surface area contributed by atoms with E-state index in [9.17, 15) is 0 Å². The van der Waals surface area contributed by atoms with E-state index >= 15 is 0 Å². The van der Waals surface area contributed by atoms with Crippen LogP contribution >= 0.6 is 11.6 Å². The number of nitrogens with one attached hydrogen (secondary N) is 2. The Bertz CT molecular complexity index is 469. The fourth-order valence-electron chi connectivity index (χ4n) is 2.92. The zero-order chi connectivity index (χ0) is 13.1. The van der Waals surface area contributed by atoms with Crippen LogP contribution in [0.4, 0.5) is 0 Å². The summed E-state index contributed by atoms with van der Waals surface area (Å²) in [4.78, 5) is 0. The second-order valence-electron chi connectivity index (χ2n) is 5.21. The molecule has 2 nitrogen and oxygen atoms in total. The monoisotopic (exact) mass is 274 g/mol. The van der Waals surface area contributed by atoms with Gasteiger partial charge in [-0.3, -0.25) is 10.6 Å². The molecule has 0 saturated carbocycles. The predicted molar refractivity (Wildman–Crippen MR) is 79.9 cm³/mol. The first kappa shape index (κ1) is 12.9. The van der Waals surface area contributed by atoms with E-state index in [1.165, 1.54) is 5.56 Å². The van der Waals surface area contributed by atoms with Crippen molar-refractivity contribution in [1.82, 2.24) is 10.6 Å². The molecule has 0 spiro atoms. The Morgan fingerprint density at radius 1 is 1.05 bits per heavy atom. The average Bonchev–Trinajstić information content (AvgIpc) is 2.48. The van der Waals surface area contributed by atoms with E-state index in [2.05, 4.69) is 65.3 Å². The molecule has 100 valence electrons. The number of hydrogen-bond donors (Lipinski definition) is 2. The summed E-state index contributed by atoms with van der Waals surface area (Å²) < 4.78 is 0. The van der Waals surface area contributed by atoms with Crippen molar-refractivity contribution in [2.24, 2.45) is 5.92 Å². The molecular weight excluding hydrogens is 256 g/mol. The standard InChI is InChI=1S/C16H19ClN2/c17-16-18-14(12-7-3-1-4-8-12)11-15(19-16)13-9-5-2-6-10-13/h1-9,13-16,18-19H,10-11H2. The highest BCUT2D eigenvalue weighted by Gasteiger charge is 2.31. The number of benzene rings is 1. The minimum absolute atomic E-state index is 0.164. The number of alkyl halides is 1. The fraction of sp³-hybridized carbons (Fsp3) is 0.375. The molecule has 2 N–H and O–H groups in total. The van der Waals surface area contributed by atoms with Crippen LogP contribution in [0.2, 0.25) is 0 Å². The van der Waals surface area contributed by atoms with Gasteiger partial charge in [0.1, 0.15) is 5.62 Å². The molecule has 0 radical (unpaired) electrons. The topological polar surface area (TPSA) is 24.1 Å². The molecule has 0 aromatic heterocycles. The Labute approximate surface area is 119 Å². The van der Waals surface area contributed by atoms with Crippen LogP contribution in [0.3, 0.4) is 0 Å². The van der Waals surface area contributed by atoms with Crippen molar-refractivity contribution in [3.63, 3.8) is 0 Å². The summed E-state index contributed by atoms with van der Waals surface area (Å²) in [6, 6.07) is 11.3. The predicted octanol–water partition coefficient (Wildman–Crippen LogP) is 3.33. The Hall–Kier alpha value is -1.09. The largest absolute Gasteiger partial charge is 0.286 e. The quantitative estimate of drug-likeness (QED) is 0.639. The van der Waals surface area contributed by atoms with Gasteiger partial charge in [-0.05, 0) is 24.3 Å². The summed E-state index contributed by atoms with van der Waals surface area (Å²) in [6.07, 6.45) is 10.9. The first-order valence-corrected chi connectivity index (χ1v) is 7.31. The minimum atomic E-state index is -0.164. The van der Waals surface area contributed by atoms with Crippen molar-refractivity contribution in [2.75, 3.05) is 0 Å². The van der Waals surface area contributed by atoms with Gasteiger partial charge < -0.3 is 0 Å². The third kappa shape index (κ3) is 3.08.